The maximum absolute atomic E-state index is 12.2. The van der Waals surface area contributed by atoms with Crippen LogP contribution in [-0.4, -0.2) is 15.9 Å². The van der Waals surface area contributed by atoms with Crippen molar-refractivity contribution < 1.29 is 4.79 Å². The van der Waals surface area contributed by atoms with Crippen molar-refractivity contribution in [3.8, 4) is 0 Å². The smallest absolute Gasteiger partial charge is 0.275 e. The molecule has 0 spiro atoms. The number of aryl methyl sites for hydroxylation is 1. The highest BCUT2D eigenvalue weighted by molar-refractivity contribution is 9.10. The van der Waals surface area contributed by atoms with Gasteiger partial charge in [0.1, 0.15) is 11.5 Å². The molecule has 24 heavy (non-hydrogen) atoms. The fraction of sp³-hybridized carbons (Fsp3) is 0.0556. The highest BCUT2D eigenvalue weighted by Crippen LogP contribution is 2.17. The van der Waals surface area contributed by atoms with Crippen molar-refractivity contribution in [1.82, 2.24) is 9.97 Å². The summed E-state index contributed by atoms with van der Waals surface area (Å²) in [5.41, 5.74) is 3.05. The van der Waals surface area contributed by atoms with Crippen LogP contribution in [0.3, 0.4) is 0 Å². The summed E-state index contributed by atoms with van der Waals surface area (Å²) in [4.78, 5) is 20.6. The maximum Gasteiger partial charge on any atom is 0.275 e. The number of nitrogens with zero attached hydrogens (tertiary/aromatic N) is 2. The number of benzene rings is 2. The largest absolute Gasteiger partial charge is 0.339 e. The highest BCUT2D eigenvalue weighted by Gasteiger charge is 2.09. The fourth-order valence-corrected chi connectivity index (χ4v) is 2.46. The van der Waals surface area contributed by atoms with E-state index in [1.165, 1.54) is 18.0 Å². The zero-order chi connectivity index (χ0) is 16.9. The Bertz CT molecular complexity index is 848. The minimum Gasteiger partial charge on any atom is -0.339 e. The number of carbonyl (C=O) groups is 1. The first-order valence-electron chi connectivity index (χ1n) is 7.33. The molecule has 2 N–H and O–H groups in total. The third kappa shape index (κ3) is 4.17. The Morgan fingerprint density at radius 3 is 2.46 bits per heavy atom. The van der Waals surface area contributed by atoms with E-state index in [1.807, 2.05) is 55.5 Å². The van der Waals surface area contributed by atoms with Crippen molar-refractivity contribution in [2.24, 2.45) is 0 Å². The van der Waals surface area contributed by atoms with Crippen LogP contribution in [0, 0.1) is 6.92 Å². The molecule has 0 aliphatic carbocycles. The van der Waals surface area contributed by atoms with E-state index in [4.69, 9.17) is 0 Å². The van der Waals surface area contributed by atoms with Crippen molar-refractivity contribution in [2.75, 3.05) is 10.6 Å². The number of aromatic nitrogens is 2. The summed E-state index contributed by atoms with van der Waals surface area (Å²) < 4.78 is 0.893. The van der Waals surface area contributed by atoms with Crippen LogP contribution in [0.4, 0.5) is 17.2 Å². The number of hydrogen-bond acceptors (Lipinski definition) is 4. The van der Waals surface area contributed by atoms with Crippen LogP contribution >= 0.6 is 15.9 Å². The Kier molecular flexibility index (Phi) is 4.86. The molecule has 0 saturated heterocycles. The van der Waals surface area contributed by atoms with E-state index < -0.39 is 0 Å². The van der Waals surface area contributed by atoms with Crippen LogP contribution in [0.25, 0.3) is 0 Å². The predicted octanol–water partition coefficient (Wildman–Crippen LogP) is 4.54. The average molecular weight is 383 g/mol. The molecular weight excluding hydrogens is 368 g/mol. The SMILES string of the molecule is Cc1ccc(Nc2cnc(C(=O)Nc3cccc(Br)c3)cn2)cc1. The Morgan fingerprint density at radius 1 is 1.00 bits per heavy atom. The molecule has 0 fully saturated rings. The highest BCUT2D eigenvalue weighted by atomic mass is 79.9. The lowest BCUT2D eigenvalue weighted by Gasteiger charge is -2.07. The van der Waals surface area contributed by atoms with Gasteiger partial charge in [-0.05, 0) is 37.3 Å². The van der Waals surface area contributed by atoms with Crippen LogP contribution < -0.4 is 10.6 Å². The molecule has 1 aromatic heterocycles. The number of nitrogens with one attached hydrogen (secondary N) is 2. The summed E-state index contributed by atoms with van der Waals surface area (Å²) >= 11 is 3.37. The molecule has 3 rings (SSSR count). The number of amides is 1. The topological polar surface area (TPSA) is 66.9 Å². The zero-order valence-corrected chi connectivity index (χ0v) is 14.5. The lowest BCUT2D eigenvalue weighted by atomic mass is 10.2. The molecule has 1 heterocycles. The van der Waals surface area contributed by atoms with Gasteiger partial charge in [-0.15, -0.1) is 0 Å². The van der Waals surface area contributed by atoms with Gasteiger partial charge >= 0.3 is 0 Å². The van der Waals surface area contributed by atoms with Crippen LogP contribution in [0.5, 0.6) is 0 Å². The lowest BCUT2D eigenvalue weighted by Crippen LogP contribution is -2.14. The van der Waals surface area contributed by atoms with E-state index >= 15 is 0 Å². The number of carbonyl (C=O) groups excluding carboxylic acids is 1. The molecule has 0 aliphatic heterocycles. The van der Waals surface area contributed by atoms with Gasteiger partial charge in [-0.25, -0.2) is 9.97 Å². The van der Waals surface area contributed by atoms with E-state index in [9.17, 15) is 4.79 Å². The second-order valence-corrected chi connectivity index (χ2v) is 6.16. The van der Waals surface area contributed by atoms with Gasteiger partial charge in [-0.3, -0.25) is 4.79 Å². The molecule has 0 unspecified atom stereocenters. The lowest BCUT2D eigenvalue weighted by molar-refractivity contribution is 0.102. The van der Waals surface area contributed by atoms with Gasteiger partial charge < -0.3 is 10.6 Å². The summed E-state index contributed by atoms with van der Waals surface area (Å²) in [6.07, 6.45) is 2.99. The molecule has 6 heteroatoms. The second kappa shape index (κ2) is 7.23. The first-order chi connectivity index (χ1) is 11.6. The molecule has 0 radical (unpaired) electrons. The third-order valence-electron chi connectivity index (χ3n) is 3.29. The monoisotopic (exact) mass is 382 g/mol. The van der Waals surface area contributed by atoms with Gasteiger partial charge in [-0.2, -0.15) is 0 Å². The molecule has 0 bridgehead atoms. The minimum atomic E-state index is -0.303. The summed E-state index contributed by atoms with van der Waals surface area (Å²) in [5.74, 6) is 0.278. The number of anilines is 3. The minimum absolute atomic E-state index is 0.254. The molecule has 2 aromatic carbocycles. The summed E-state index contributed by atoms with van der Waals surface area (Å²) in [6, 6.07) is 15.3. The van der Waals surface area contributed by atoms with Crippen molar-refractivity contribution in [2.45, 2.75) is 6.92 Å². The maximum atomic E-state index is 12.2. The summed E-state index contributed by atoms with van der Waals surface area (Å²) in [7, 11) is 0. The Labute approximate surface area is 148 Å². The van der Waals surface area contributed by atoms with Gasteiger partial charge in [0, 0.05) is 15.8 Å². The van der Waals surface area contributed by atoms with Crippen LogP contribution in [0.15, 0.2) is 65.4 Å². The van der Waals surface area contributed by atoms with E-state index in [-0.39, 0.29) is 11.6 Å². The number of halogens is 1. The Morgan fingerprint density at radius 2 is 1.79 bits per heavy atom. The van der Waals surface area contributed by atoms with Crippen LogP contribution in [0.2, 0.25) is 0 Å². The molecule has 3 aromatic rings. The van der Waals surface area contributed by atoms with E-state index in [0.717, 1.165) is 10.2 Å². The summed E-state index contributed by atoms with van der Waals surface area (Å²) in [6.45, 7) is 2.03. The van der Waals surface area contributed by atoms with Crippen molar-refractivity contribution >= 4 is 39.0 Å². The fourth-order valence-electron chi connectivity index (χ4n) is 2.06. The standard InChI is InChI=1S/C18H15BrN4O/c1-12-5-7-14(8-6-12)22-17-11-20-16(10-21-17)18(24)23-15-4-2-3-13(19)9-15/h2-11H,1H3,(H,21,22)(H,23,24). The van der Waals surface area contributed by atoms with Gasteiger partial charge in [-0.1, -0.05) is 39.7 Å². The van der Waals surface area contributed by atoms with Crippen molar-refractivity contribution in [3.05, 3.63) is 76.7 Å². The van der Waals surface area contributed by atoms with E-state index in [2.05, 4.69) is 36.5 Å². The molecular formula is C18H15BrN4O. The quantitative estimate of drug-likeness (QED) is 0.694. The van der Waals surface area contributed by atoms with E-state index in [1.54, 1.807) is 0 Å². The second-order valence-electron chi connectivity index (χ2n) is 5.24. The van der Waals surface area contributed by atoms with Crippen molar-refractivity contribution in [3.63, 3.8) is 0 Å². The molecule has 0 aliphatic rings. The molecule has 0 atom stereocenters. The predicted molar refractivity (Wildman–Crippen MR) is 98.6 cm³/mol. The molecule has 5 nitrogen and oxygen atoms in total. The molecule has 1 amide bonds. The van der Waals surface area contributed by atoms with Gasteiger partial charge in [0.25, 0.3) is 5.91 Å². The van der Waals surface area contributed by atoms with Crippen molar-refractivity contribution in [1.29, 1.82) is 0 Å². The summed E-state index contributed by atoms with van der Waals surface area (Å²) in [5, 5.41) is 5.93. The third-order valence-corrected chi connectivity index (χ3v) is 3.78. The van der Waals surface area contributed by atoms with Crippen LogP contribution in [0.1, 0.15) is 16.1 Å². The van der Waals surface area contributed by atoms with Crippen LogP contribution in [-0.2, 0) is 0 Å². The van der Waals surface area contributed by atoms with Gasteiger partial charge in [0.15, 0.2) is 0 Å². The normalized spacial score (nSPS) is 10.2. The average Bonchev–Trinajstić information content (AvgIpc) is 2.57. The van der Waals surface area contributed by atoms with Gasteiger partial charge in [0.05, 0.1) is 12.4 Å². The van der Waals surface area contributed by atoms with E-state index in [0.29, 0.717) is 11.5 Å². The Balaban J connectivity index is 1.67. The zero-order valence-electron chi connectivity index (χ0n) is 13.0. The molecule has 0 saturated carbocycles. The Hall–Kier alpha value is -2.73. The molecule has 120 valence electrons. The first kappa shape index (κ1) is 16.1. The van der Waals surface area contributed by atoms with Gasteiger partial charge in [0.2, 0.25) is 0 Å². The first-order valence-corrected chi connectivity index (χ1v) is 8.12. The number of hydrogen-bond donors (Lipinski definition) is 2. The number of rotatable bonds is 4.